The maximum absolute atomic E-state index is 13.4. The number of pyridine rings is 1. The predicted octanol–water partition coefficient (Wildman–Crippen LogP) is 5.66. The molecule has 0 saturated carbocycles. The topological polar surface area (TPSA) is 54.5 Å². The van der Waals surface area contributed by atoms with E-state index in [0.29, 0.717) is 22.9 Å². The minimum Gasteiger partial charge on any atom is -0.437 e. The lowest BCUT2D eigenvalue weighted by molar-refractivity contribution is 0.0955. The van der Waals surface area contributed by atoms with Crippen molar-refractivity contribution in [3.63, 3.8) is 0 Å². The highest BCUT2D eigenvalue weighted by atomic mass is 32.1. The SMILES string of the molecule is O=C(NCc1cccc(F)c1)c1ccc(N2Cc3ccccc3Oc3ncccc32)s1. The molecule has 0 radical (unpaired) electrons. The Balaban J connectivity index is 1.40. The van der Waals surface area contributed by atoms with Crippen LogP contribution in [0.15, 0.2) is 79.0 Å². The van der Waals surface area contributed by atoms with Crippen molar-refractivity contribution in [2.75, 3.05) is 4.90 Å². The van der Waals surface area contributed by atoms with Gasteiger partial charge in [0.15, 0.2) is 0 Å². The number of anilines is 2. The van der Waals surface area contributed by atoms with Crippen molar-refractivity contribution in [1.82, 2.24) is 10.3 Å². The lowest BCUT2D eigenvalue weighted by Crippen LogP contribution is -2.21. The van der Waals surface area contributed by atoms with E-state index in [4.69, 9.17) is 4.74 Å². The number of ether oxygens (including phenoxy) is 1. The summed E-state index contributed by atoms with van der Waals surface area (Å²) in [5, 5.41) is 3.76. The van der Waals surface area contributed by atoms with Gasteiger partial charge in [-0.25, -0.2) is 9.37 Å². The number of halogens is 1. The van der Waals surface area contributed by atoms with Crippen molar-refractivity contribution in [1.29, 1.82) is 0 Å². The first-order valence-electron chi connectivity index (χ1n) is 9.78. The summed E-state index contributed by atoms with van der Waals surface area (Å²) in [7, 11) is 0. The number of benzene rings is 2. The molecule has 1 aliphatic rings. The van der Waals surface area contributed by atoms with Crippen LogP contribution in [0.3, 0.4) is 0 Å². The second-order valence-electron chi connectivity index (χ2n) is 7.07. The van der Waals surface area contributed by atoms with Crippen molar-refractivity contribution in [2.45, 2.75) is 13.1 Å². The summed E-state index contributed by atoms with van der Waals surface area (Å²) >= 11 is 1.39. The molecule has 2 aromatic carbocycles. The fraction of sp³-hybridized carbons (Fsp3) is 0.0833. The number of aromatic nitrogens is 1. The zero-order chi connectivity index (χ0) is 21.2. The second-order valence-corrected chi connectivity index (χ2v) is 8.14. The van der Waals surface area contributed by atoms with Gasteiger partial charge < -0.3 is 15.0 Å². The van der Waals surface area contributed by atoms with E-state index in [2.05, 4.69) is 15.2 Å². The Hall–Kier alpha value is -3.71. The molecular weight excluding hydrogens is 413 g/mol. The molecule has 5 nitrogen and oxygen atoms in total. The van der Waals surface area contributed by atoms with Gasteiger partial charge in [-0.15, -0.1) is 11.3 Å². The summed E-state index contributed by atoms with van der Waals surface area (Å²) in [6, 6.07) is 21.6. The molecule has 0 fully saturated rings. The normalized spacial score (nSPS) is 12.4. The van der Waals surface area contributed by atoms with E-state index in [1.807, 2.05) is 42.5 Å². The molecule has 154 valence electrons. The molecule has 0 unspecified atom stereocenters. The molecule has 0 aliphatic carbocycles. The fourth-order valence-electron chi connectivity index (χ4n) is 3.47. The Morgan fingerprint density at radius 1 is 1.10 bits per heavy atom. The van der Waals surface area contributed by atoms with Crippen LogP contribution < -0.4 is 15.0 Å². The van der Waals surface area contributed by atoms with Crippen molar-refractivity contribution in [3.05, 3.63) is 101 Å². The Morgan fingerprint density at radius 2 is 2.00 bits per heavy atom. The molecule has 5 rings (SSSR count). The average Bonchev–Trinajstić information content (AvgIpc) is 3.21. The number of carbonyl (C=O) groups excluding carboxylic acids is 1. The number of nitrogens with one attached hydrogen (secondary N) is 1. The molecule has 1 N–H and O–H groups in total. The molecule has 4 aromatic rings. The van der Waals surface area contributed by atoms with Gasteiger partial charge in [0.2, 0.25) is 5.88 Å². The van der Waals surface area contributed by atoms with E-state index in [-0.39, 0.29) is 18.3 Å². The molecule has 31 heavy (non-hydrogen) atoms. The number of hydrogen-bond acceptors (Lipinski definition) is 5. The molecule has 3 heterocycles. The molecule has 0 saturated heterocycles. The first-order chi connectivity index (χ1) is 15.2. The highest BCUT2D eigenvalue weighted by Crippen LogP contribution is 2.42. The van der Waals surface area contributed by atoms with Crippen molar-refractivity contribution in [3.8, 4) is 11.6 Å². The molecular formula is C24H18FN3O2S. The summed E-state index contributed by atoms with van der Waals surface area (Å²) < 4.78 is 19.4. The number of nitrogens with zero attached hydrogens (tertiary/aromatic N) is 2. The Bertz CT molecular complexity index is 1260. The molecule has 0 spiro atoms. The number of carbonyl (C=O) groups is 1. The fourth-order valence-corrected chi connectivity index (χ4v) is 4.40. The standard InChI is InChI=1S/C24H18FN3O2S/c25-18-7-3-5-16(13-18)14-27-23(29)21-10-11-22(31-21)28-15-17-6-1-2-9-20(17)30-24-19(28)8-4-12-26-24/h1-13H,14-15H2,(H,27,29). The summed E-state index contributed by atoms with van der Waals surface area (Å²) in [4.78, 5) is 19.7. The van der Waals surface area contributed by atoms with Gasteiger partial charge in [-0.2, -0.15) is 0 Å². The quantitative estimate of drug-likeness (QED) is 0.453. The van der Waals surface area contributed by atoms with Crippen molar-refractivity contribution in [2.24, 2.45) is 0 Å². The zero-order valence-electron chi connectivity index (χ0n) is 16.4. The van der Waals surface area contributed by atoms with Crippen LogP contribution in [0.2, 0.25) is 0 Å². The number of para-hydroxylation sites is 1. The van der Waals surface area contributed by atoms with Gasteiger partial charge in [0, 0.05) is 18.3 Å². The molecule has 1 aliphatic heterocycles. The zero-order valence-corrected chi connectivity index (χ0v) is 17.2. The maximum Gasteiger partial charge on any atom is 0.261 e. The van der Waals surface area contributed by atoms with E-state index in [1.165, 1.54) is 23.5 Å². The number of fused-ring (bicyclic) bond motifs is 2. The summed E-state index contributed by atoms with van der Waals surface area (Å²) in [6.45, 7) is 0.862. The van der Waals surface area contributed by atoms with E-state index < -0.39 is 0 Å². The van der Waals surface area contributed by atoms with E-state index in [9.17, 15) is 9.18 Å². The average molecular weight is 431 g/mol. The van der Waals surface area contributed by atoms with Gasteiger partial charge in [0.05, 0.1) is 16.4 Å². The molecule has 7 heteroatoms. The largest absolute Gasteiger partial charge is 0.437 e. The number of amides is 1. The Labute approximate surface area is 182 Å². The predicted molar refractivity (Wildman–Crippen MR) is 118 cm³/mol. The molecule has 0 atom stereocenters. The summed E-state index contributed by atoms with van der Waals surface area (Å²) in [5.41, 5.74) is 2.59. The van der Waals surface area contributed by atoms with Crippen LogP contribution in [0.4, 0.5) is 15.1 Å². The van der Waals surface area contributed by atoms with Gasteiger partial charge in [0.25, 0.3) is 5.91 Å². The maximum atomic E-state index is 13.4. The third-order valence-electron chi connectivity index (χ3n) is 4.97. The molecule has 2 aromatic heterocycles. The second kappa shape index (κ2) is 8.20. The first-order valence-corrected chi connectivity index (χ1v) is 10.6. The van der Waals surface area contributed by atoms with Crippen molar-refractivity contribution < 1.29 is 13.9 Å². The van der Waals surface area contributed by atoms with Gasteiger partial charge in [-0.3, -0.25) is 4.79 Å². The van der Waals surface area contributed by atoms with Crippen LogP contribution in [-0.4, -0.2) is 10.9 Å². The van der Waals surface area contributed by atoms with Crippen LogP contribution in [0.5, 0.6) is 11.6 Å². The minimum absolute atomic E-state index is 0.196. The van der Waals surface area contributed by atoms with Crippen LogP contribution >= 0.6 is 11.3 Å². The van der Waals surface area contributed by atoms with Gasteiger partial charge in [-0.05, 0) is 48.0 Å². The van der Waals surface area contributed by atoms with Crippen molar-refractivity contribution >= 4 is 27.9 Å². The highest BCUT2D eigenvalue weighted by molar-refractivity contribution is 7.18. The Kier molecular flexibility index (Phi) is 5.09. The smallest absolute Gasteiger partial charge is 0.261 e. The summed E-state index contributed by atoms with van der Waals surface area (Å²) in [5.74, 6) is 0.784. The number of thiophene rings is 1. The van der Waals surface area contributed by atoms with E-state index in [1.54, 1.807) is 24.4 Å². The number of rotatable bonds is 4. The minimum atomic E-state index is -0.318. The third kappa shape index (κ3) is 4.00. The highest BCUT2D eigenvalue weighted by Gasteiger charge is 2.24. The van der Waals surface area contributed by atoms with E-state index in [0.717, 1.165) is 22.0 Å². The monoisotopic (exact) mass is 431 g/mol. The number of hydrogen-bond donors (Lipinski definition) is 1. The molecule has 1 amide bonds. The van der Waals surface area contributed by atoms with Crippen LogP contribution in [0, 0.1) is 5.82 Å². The first kappa shape index (κ1) is 19.3. The lowest BCUT2D eigenvalue weighted by atomic mass is 10.2. The van der Waals surface area contributed by atoms with Gasteiger partial charge >= 0.3 is 0 Å². The van der Waals surface area contributed by atoms with Crippen LogP contribution in [0.25, 0.3) is 0 Å². The van der Waals surface area contributed by atoms with Crippen LogP contribution in [-0.2, 0) is 13.1 Å². The van der Waals surface area contributed by atoms with Gasteiger partial charge in [-0.1, -0.05) is 30.3 Å². The van der Waals surface area contributed by atoms with Gasteiger partial charge in [0.1, 0.15) is 17.3 Å². The summed E-state index contributed by atoms with van der Waals surface area (Å²) in [6.07, 6.45) is 1.70. The Morgan fingerprint density at radius 3 is 2.90 bits per heavy atom. The third-order valence-corrected chi connectivity index (χ3v) is 6.08. The molecule has 0 bridgehead atoms. The van der Waals surface area contributed by atoms with Crippen LogP contribution in [0.1, 0.15) is 20.8 Å². The lowest BCUT2D eigenvalue weighted by Gasteiger charge is -2.21. The van der Waals surface area contributed by atoms with E-state index >= 15 is 0 Å².